The van der Waals surface area contributed by atoms with E-state index < -0.39 is 0 Å². The molecule has 0 fully saturated rings. The molecular weight excluding hydrogens is 164 g/mol. The van der Waals surface area contributed by atoms with Crippen LogP contribution in [-0.4, -0.2) is 10.5 Å². The summed E-state index contributed by atoms with van der Waals surface area (Å²) in [7, 11) is 0. The summed E-state index contributed by atoms with van der Waals surface area (Å²) < 4.78 is 5.02. The standard InChI is InChI=1S/C7H12N2O.C3H8/c1-7(2,8)5-6-9-3-4-10-6;1-3-2/h3-4H,5,8H2,1-2H3;3H2,1-2H3. The van der Waals surface area contributed by atoms with E-state index >= 15 is 0 Å². The van der Waals surface area contributed by atoms with E-state index in [4.69, 9.17) is 10.2 Å². The van der Waals surface area contributed by atoms with Crippen molar-refractivity contribution < 1.29 is 4.42 Å². The van der Waals surface area contributed by atoms with Gasteiger partial charge in [0, 0.05) is 12.0 Å². The molecule has 3 heteroatoms. The highest BCUT2D eigenvalue weighted by Gasteiger charge is 2.13. The fourth-order valence-corrected chi connectivity index (χ4v) is 0.730. The summed E-state index contributed by atoms with van der Waals surface area (Å²) in [5.41, 5.74) is 5.50. The van der Waals surface area contributed by atoms with Gasteiger partial charge in [-0.1, -0.05) is 20.3 Å². The van der Waals surface area contributed by atoms with Crippen LogP contribution in [-0.2, 0) is 6.42 Å². The molecule has 0 spiro atoms. The van der Waals surface area contributed by atoms with Gasteiger partial charge in [0.05, 0.1) is 6.20 Å². The first kappa shape index (κ1) is 12.2. The fraction of sp³-hybridized carbons (Fsp3) is 0.700. The average molecular weight is 184 g/mol. The van der Waals surface area contributed by atoms with E-state index in [2.05, 4.69) is 18.8 Å². The van der Waals surface area contributed by atoms with Gasteiger partial charge in [-0.3, -0.25) is 0 Å². The highest BCUT2D eigenvalue weighted by Crippen LogP contribution is 2.06. The number of nitrogens with zero attached hydrogens (tertiary/aromatic N) is 1. The molecule has 0 saturated heterocycles. The van der Waals surface area contributed by atoms with E-state index in [-0.39, 0.29) is 5.54 Å². The Hall–Kier alpha value is -0.830. The smallest absolute Gasteiger partial charge is 0.195 e. The Labute approximate surface area is 80.3 Å². The molecule has 1 aromatic heterocycles. The maximum atomic E-state index is 5.73. The largest absolute Gasteiger partial charge is 0.449 e. The molecule has 0 aliphatic rings. The quantitative estimate of drug-likeness (QED) is 0.767. The molecular formula is C10H20N2O. The highest BCUT2D eigenvalue weighted by atomic mass is 16.3. The first-order chi connectivity index (χ1) is 5.99. The third-order valence-corrected chi connectivity index (χ3v) is 1.09. The van der Waals surface area contributed by atoms with Crippen molar-refractivity contribution >= 4 is 0 Å². The first-order valence-electron chi connectivity index (χ1n) is 4.66. The van der Waals surface area contributed by atoms with Crippen LogP contribution in [0.25, 0.3) is 0 Å². The summed E-state index contributed by atoms with van der Waals surface area (Å²) in [5, 5.41) is 0. The molecule has 0 aromatic carbocycles. The topological polar surface area (TPSA) is 52.0 Å². The Morgan fingerprint density at radius 1 is 1.46 bits per heavy atom. The monoisotopic (exact) mass is 184 g/mol. The molecule has 0 unspecified atom stereocenters. The minimum absolute atomic E-state index is 0.231. The zero-order valence-electron chi connectivity index (χ0n) is 9.00. The van der Waals surface area contributed by atoms with Gasteiger partial charge in [-0.25, -0.2) is 4.98 Å². The molecule has 1 heterocycles. The molecule has 0 radical (unpaired) electrons. The van der Waals surface area contributed by atoms with Crippen LogP contribution in [0.4, 0.5) is 0 Å². The van der Waals surface area contributed by atoms with Crippen LogP contribution in [0.2, 0.25) is 0 Å². The maximum absolute atomic E-state index is 5.73. The lowest BCUT2D eigenvalue weighted by molar-refractivity contribution is 0.418. The molecule has 76 valence electrons. The number of aromatic nitrogens is 1. The molecule has 1 rings (SSSR count). The van der Waals surface area contributed by atoms with Gasteiger partial charge < -0.3 is 10.2 Å². The molecule has 3 nitrogen and oxygen atoms in total. The van der Waals surface area contributed by atoms with Crippen molar-refractivity contribution in [3.8, 4) is 0 Å². The number of rotatable bonds is 2. The van der Waals surface area contributed by atoms with Crippen molar-refractivity contribution in [1.29, 1.82) is 0 Å². The summed E-state index contributed by atoms with van der Waals surface area (Å²) in [5.74, 6) is 0.701. The Morgan fingerprint density at radius 3 is 2.31 bits per heavy atom. The lowest BCUT2D eigenvalue weighted by Gasteiger charge is -2.14. The van der Waals surface area contributed by atoms with Crippen molar-refractivity contribution in [1.82, 2.24) is 4.98 Å². The minimum Gasteiger partial charge on any atom is -0.449 e. The molecule has 1 aromatic rings. The third kappa shape index (κ3) is 7.53. The van der Waals surface area contributed by atoms with Crippen LogP contribution < -0.4 is 5.73 Å². The minimum atomic E-state index is -0.231. The predicted molar refractivity (Wildman–Crippen MR) is 54.4 cm³/mol. The van der Waals surface area contributed by atoms with E-state index in [1.165, 1.54) is 6.42 Å². The number of hydrogen-bond donors (Lipinski definition) is 1. The van der Waals surface area contributed by atoms with Crippen LogP contribution in [0, 0.1) is 0 Å². The zero-order chi connectivity index (χ0) is 10.3. The molecule has 0 bridgehead atoms. The van der Waals surface area contributed by atoms with Crippen LogP contribution in [0.3, 0.4) is 0 Å². The van der Waals surface area contributed by atoms with Gasteiger partial charge in [0.15, 0.2) is 5.89 Å². The average Bonchev–Trinajstić information content (AvgIpc) is 2.37. The molecule has 0 amide bonds. The Bertz CT molecular complexity index is 199. The number of oxazole rings is 1. The lowest BCUT2D eigenvalue weighted by Crippen LogP contribution is -2.34. The maximum Gasteiger partial charge on any atom is 0.195 e. The summed E-state index contributed by atoms with van der Waals surface area (Å²) in [6.45, 7) is 8.13. The van der Waals surface area contributed by atoms with Gasteiger partial charge in [-0.2, -0.15) is 0 Å². The van der Waals surface area contributed by atoms with Crippen molar-refractivity contribution in [2.24, 2.45) is 5.73 Å². The molecule has 2 N–H and O–H groups in total. The summed E-state index contributed by atoms with van der Waals surface area (Å²) in [6.07, 6.45) is 5.11. The van der Waals surface area contributed by atoms with Crippen LogP contribution in [0.15, 0.2) is 16.9 Å². The Balaban J connectivity index is 0.000000424. The van der Waals surface area contributed by atoms with Crippen LogP contribution in [0.5, 0.6) is 0 Å². The highest BCUT2D eigenvalue weighted by molar-refractivity contribution is 4.88. The second-order valence-corrected chi connectivity index (χ2v) is 3.80. The lowest BCUT2D eigenvalue weighted by atomic mass is 10.0. The second kappa shape index (κ2) is 5.75. The summed E-state index contributed by atoms with van der Waals surface area (Å²) in [4.78, 5) is 3.95. The Kier molecular flexibility index (Phi) is 5.39. The zero-order valence-corrected chi connectivity index (χ0v) is 9.00. The molecule has 0 aliphatic heterocycles. The molecule has 0 aliphatic carbocycles. The predicted octanol–water partition coefficient (Wildman–Crippen LogP) is 2.37. The third-order valence-electron chi connectivity index (χ3n) is 1.09. The van der Waals surface area contributed by atoms with E-state index in [0.717, 1.165) is 0 Å². The van der Waals surface area contributed by atoms with Crippen LogP contribution >= 0.6 is 0 Å². The normalized spacial score (nSPS) is 10.5. The van der Waals surface area contributed by atoms with Gasteiger partial charge in [-0.15, -0.1) is 0 Å². The summed E-state index contributed by atoms with van der Waals surface area (Å²) >= 11 is 0. The SMILES string of the molecule is CC(C)(N)Cc1ncco1.CCC. The first-order valence-corrected chi connectivity index (χ1v) is 4.66. The number of hydrogen-bond acceptors (Lipinski definition) is 3. The number of nitrogens with two attached hydrogens (primary N) is 1. The second-order valence-electron chi connectivity index (χ2n) is 3.80. The summed E-state index contributed by atoms with van der Waals surface area (Å²) in [6, 6.07) is 0. The Morgan fingerprint density at radius 2 is 2.00 bits per heavy atom. The van der Waals surface area contributed by atoms with Crippen molar-refractivity contribution in [3.63, 3.8) is 0 Å². The van der Waals surface area contributed by atoms with E-state index in [1.54, 1.807) is 12.5 Å². The van der Waals surface area contributed by atoms with Gasteiger partial charge in [0.2, 0.25) is 0 Å². The molecule has 0 saturated carbocycles. The van der Waals surface area contributed by atoms with Gasteiger partial charge in [0.25, 0.3) is 0 Å². The van der Waals surface area contributed by atoms with E-state index in [0.29, 0.717) is 12.3 Å². The molecule has 0 atom stereocenters. The van der Waals surface area contributed by atoms with E-state index in [1.807, 2.05) is 13.8 Å². The van der Waals surface area contributed by atoms with Gasteiger partial charge in [-0.05, 0) is 13.8 Å². The van der Waals surface area contributed by atoms with Crippen LogP contribution in [0.1, 0.15) is 40.0 Å². The van der Waals surface area contributed by atoms with E-state index in [9.17, 15) is 0 Å². The fourth-order valence-electron chi connectivity index (χ4n) is 0.730. The van der Waals surface area contributed by atoms with Crippen molar-refractivity contribution in [2.45, 2.75) is 46.1 Å². The van der Waals surface area contributed by atoms with Crippen molar-refractivity contribution in [2.75, 3.05) is 0 Å². The van der Waals surface area contributed by atoms with Gasteiger partial charge >= 0.3 is 0 Å². The van der Waals surface area contributed by atoms with Gasteiger partial charge in [0.1, 0.15) is 6.26 Å². The molecule has 13 heavy (non-hydrogen) atoms. The van der Waals surface area contributed by atoms with Crippen molar-refractivity contribution in [3.05, 3.63) is 18.4 Å².